The zero-order chi connectivity index (χ0) is 12.1. The van der Waals surface area contributed by atoms with Crippen molar-refractivity contribution in [3.8, 4) is 6.07 Å². The standard InChI is InChI=1S/C12H9NO3/c1-8-10(7-14)3-2-9(6-13)11(8)4-5-12(15)16/h2-5,7H,1H3,(H,15,16)/b5-4+. The van der Waals surface area contributed by atoms with Gasteiger partial charge in [0.15, 0.2) is 0 Å². The molecule has 0 atom stereocenters. The van der Waals surface area contributed by atoms with Crippen molar-refractivity contribution in [1.82, 2.24) is 0 Å². The van der Waals surface area contributed by atoms with Gasteiger partial charge in [0.25, 0.3) is 0 Å². The molecule has 4 heteroatoms. The summed E-state index contributed by atoms with van der Waals surface area (Å²) < 4.78 is 0. The Morgan fingerprint density at radius 1 is 1.50 bits per heavy atom. The molecule has 0 amide bonds. The predicted octanol–water partition coefficient (Wildman–Crippen LogP) is 1.78. The summed E-state index contributed by atoms with van der Waals surface area (Å²) >= 11 is 0. The van der Waals surface area contributed by atoms with Gasteiger partial charge in [-0.05, 0) is 30.2 Å². The first kappa shape index (κ1) is 11.7. The molecule has 4 nitrogen and oxygen atoms in total. The van der Waals surface area contributed by atoms with Crippen LogP contribution in [0.3, 0.4) is 0 Å². The largest absolute Gasteiger partial charge is 0.478 e. The molecule has 0 fully saturated rings. The number of carbonyl (C=O) groups excluding carboxylic acids is 1. The molecule has 1 rings (SSSR count). The number of hydrogen-bond acceptors (Lipinski definition) is 3. The minimum Gasteiger partial charge on any atom is -0.478 e. The third-order valence-corrected chi connectivity index (χ3v) is 2.20. The zero-order valence-electron chi connectivity index (χ0n) is 8.60. The average molecular weight is 215 g/mol. The summed E-state index contributed by atoms with van der Waals surface area (Å²) in [6.45, 7) is 1.67. The van der Waals surface area contributed by atoms with Crippen molar-refractivity contribution in [2.45, 2.75) is 6.92 Å². The summed E-state index contributed by atoms with van der Waals surface area (Å²) in [6, 6.07) is 4.99. The van der Waals surface area contributed by atoms with Gasteiger partial charge in [-0.25, -0.2) is 4.79 Å². The molecule has 1 aromatic carbocycles. The SMILES string of the molecule is Cc1c(C=O)ccc(C#N)c1/C=C/C(=O)O. The Balaban J connectivity index is 3.39. The van der Waals surface area contributed by atoms with Gasteiger partial charge in [-0.3, -0.25) is 4.79 Å². The molecule has 0 aliphatic carbocycles. The van der Waals surface area contributed by atoms with Crippen LogP contribution in [0.15, 0.2) is 18.2 Å². The summed E-state index contributed by atoms with van der Waals surface area (Å²) in [6.07, 6.45) is 2.94. The van der Waals surface area contributed by atoms with Gasteiger partial charge in [0.1, 0.15) is 6.29 Å². The summed E-state index contributed by atoms with van der Waals surface area (Å²) in [4.78, 5) is 21.1. The molecule has 0 aliphatic heterocycles. The molecule has 0 aromatic heterocycles. The van der Waals surface area contributed by atoms with Crippen molar-refractivity contribution in [3.05, 3.63) is 40.5 Å². The van der Waals surface area contributed by atoms with Crippen molar-refractivity contribution in [1.29, 1.82) is 5.26 Å². The van der Waals surface area contributed by atoms with Crippen LogP contribution in [0.5, 0.6) is 0 Å². The van der Waals surface area contributed by atoms with Gasteiger partial charge < -0.3 is 5.11 Å². The highest BCUT2D eigenvalue weighted by Gasteiger charge is 2.07. The lowest BCUT2D eigenvalue weighted by atomic mass is 9.97. The van der Waals surface area contributed by atoms with Gasteiger partial charge >= 0.3 is 5.97 Å². The number of rotatable bonds is 3. The molecule has 0 unspecified atom stereocenters. The highest BCUT2D eigenvalue weighted by molar-refractivity contribution is 5.88. The van der Waals surface area contributed by atoms with Gasteiger partial charge in [0, 0.05) is 11.6 Å². The number of nitriles is 1. The lowest BCUT2D eigenvalue weighted by Gasteiger charge is -2.05. The van der Waals surface area contributed by atoms with E-state index in [9.17, 15) is 9.59 Å². The second kappa shape index (κ2) is 4.89. The Morgan fingerprint density at radius 2 is 2.19 bits per heavy atom. The maximum Gasteiger partial charge on any atom is 0.328 e. The van der Waals surface area contributed by atoms with Crippen LogP contribution in [-0.2, 0) is 4.79 Å². The zero-order valence-corrected chi connectivity index (χ0v) is 8.60. The highest BCUT2D eigenvalue weighted by atomic mass is 16.4. The highest BCUT2D eigenvalue weighted by Crippen LogP contribution is 2.18. The molecule has 16 heavy (non-hydrogen) atoms. The van der Waals surface area contributed by atoms with Crippen LogP contribution in [0.1, 0.15) is 27.0 Å². The molecule has 0 saturated carbocycles. The molecule has 0 radical (unpaired) electrons. The van der Waals surface area contributed by atoms with Crippen molar-refractivity contribution in [2.24, 2.45) is 0 Å². The Morgan fingerprint density at radius 3 is 2.69 bits per heavy atom. The van der Waals surface area contributed by atoms with Gasteiger partial charge in [0.05, 0.1) is 11.6 Å². The first-order valence-electron chi connectivity index (χ1n) is 4.50. The van der Waals surface area contributed by atoms with Crippen LogP contribution in [0, 0.1) is 18.3 Å². The molecule has 0 spiro atoms. The van der Waals surface area contributed by atoms with Crippen molar-refractivity contribution < 1.29 is 14.7 Å². The molecule has 0 aliphatic rings. The fraction of sp³-hybridized carbons (Fsp3) is 0.0833. The second-order valence-corrected chi connectivity index (χ2v) is 3.14. The lowest BCUT2D eigenvalue weighted by molar-refractivity contribution is -0.131. The van der Waals surface area contributed by atoms with Crippen molar-refractivity contribution >= 4 is 18.3 Å². The third-order valence-electron chi connectivity index (χ3n) is 2.20. The molecule has 1 aromatic rings. The Kier molecular flexibility index (Phi) is 3.57. The van der Waals surface area contributed by atoms with Crippen LogP contribution >= 0.6 is 0 Å². The van der Waals surface area contributed by atoms with Crippen molar-refractivity contribution in [3.63, 3.8) is 0 Å². The number of hydrogen-bond donors (Lipinski definition) is 1. The number of aliphatic carboxylic acids is 1. The van der Waals surface area contributed by atoms with E-state index >= 15 is 0 Å². The Labute approximate surface area is 92.4 Å². The monoisotopic (exact) mass is 215 g/mol. The molecule has 1 N–H and O–H groups in total. The predicted molar refractivity (Wildman–Crippen MR) is 58.0 cm³/mol. The van der Waals surface area contributed by atoms with Crippen LogP contribution in [0.4, 0.5) is 0 Å². The minimum absolute atomic E-state index is 0.348. The van der Waals surface area contributed by atoms with E-state index in [2.05, 4.69) is 0 Å². The van der Waals surface area contributed by atoms with E-state index in [0.29, 0.717) is 28.5 Å². The number of nitrogens with zero attached hydrogens (tertiary/aromatic N) is 1. The smallest absolute Gasteiger partial charge is 0.328 e. The normalized spacial score (nSPS) is 10.0. The number of benzene rings is 1. The Hall–Kier alpha value is -2.41. The molecule has 0 heterocycles. The quantitative estimate of drug-likeness (QED) is 0.615. The van der Waals surface area contributed by atoms with Gasteiger partial charge in [-0.15, -0.1) is 0 Å². The van der Waals surface area contributed by atoms with Gasteiger partial charge in [-0.2, -0.15) is 5.26 Å². The molecular weight excluding hydrogens is 206 g/mol. The topological polar surface area (TPSA) is 78.2 Å². The lowest BCUT2D eigenvalue weighted by Crippen LogP contribution is -1.95. The van der Waals surface area contributed by atoms with E-state index in [1.807, 2.05) is 6.07 Å². The summed E-state index contributed by atoms with van der Waals surface area (Å²) in [5.74, 6) is -1.10. The van der Waals surface area contributed by atoms with Crippen LogP contribution in [0.25, 0.3) is 6.08 Å². The molecule has 0 bridgehead atoms. The molecular formula is C12H9NO3. The van der Waals surface area contributed by atoms with E-state index in [1.54, 1.807) is 13.0 Å². The maximum absolute atomic E-state index is 10.7. The average Bonchev–Trinajstić information content (AvgIpc) is 2.26. The fourth-order valence-corrected chi connectivity index (χ4v) is 1.34. The minimum atomic E-state index is -1.10. The number of carbonyl (C=O) groups is 2. The fourth-order valence-electron chi connectivity index (χ4n) is 1.34. The molecule has 80 valence electrons. The second-order valence-electron chi connectivity index (χ2n) is 3.14. The Bertz CT molecular complexity index is 510. The number of aldehydes is 1. The molecule has 0 saturated heterocycles. The van der Waals surface area contributed by atoms with Gasteiger partial charge in [-0.1, -0.05) is 6.07 Å². The first-order chi connectivity index (χ1) is 7.60. The van der Waals surface area contributed by atoms with Crippen molar-refractivity contribution in [2.75, 3.05) is 0 Å². The summed E-state index contributed by atoms with van der Waals surface area (Å²) in [5, 5.41) is 17.4. The maximum atomic E-state index is 10.7. The van der Waals surface area contributed by atoms with Crippen LogP contribution in [-0.4, -0.2) is 17.4 Å². The van der Waals surface area contributed by atoms with Gasteiger partial charge in [0.2, 0.25) is 0 Å². The van der Waals surface area contributed by atoms with E-state index in [1.165, 1.54) is 12.1 Å². The van der Waals surface area contributed by atoms with Crippen LogP contribution < -0.4 is 0 Å². The van der Waals surface area contributed by atoms with E-state index in [-0.39, 0.29) is 0 Å². The van der Waals surface area contributed by atoms with E-state index in [0.717, 1.165) is 6.08 Å². The number of carboxylic acids is 1. The number of carboxylic acid groups (broad SMARTS) is 1. The van der Waals surface area contributed by atoms with E-state index in [4.69, 9.17) is 10.4 Å². The summed E-state index contributed by atoms with van der Waals surface area (Å²) in [5.41, 5.74) is 1.87. The summed E-state index contributed by atoms with van der Waals surface area (Å²) in [7, 11) is 0. The third kappa shape index (κ3) is 2.34. The van der Waals surface area contributed by atoms with Crippen LogP contribution in [0.2, 0.25) is 0 Å². The van der Waals surface area contributed by atoms with E-state index < -0.39 is 5.97 Å². The first-order valence-corrected chi connectivity index (χ1v) is 4.50.